The zero-order valence-corrected chi connectivity index (χ0v) is 12.3. The number of ether oxygens (including phenoxy) is 1. The van der Waals surface area contributed by atoms with Crippen LogP contribution >= 0.6 is 11.6 Å². The molecule has 20 heavy (non-hydrogen) atoms. The molecule has 1 saturated carbocycles. The van der Waals surface area contributed by atoms with Gasteiger partial charge in [-0.25, -0.2) is 0 Å². The standard InChI is InChI=1S/C15H21ClN2O2/c16-13-7-3-4-8-14(13)18-15(19)11-17-9-10-20-12-5-1-2-6-12/h3-4,7-8,12,17H,1-2,5-6,9-11H2,(H,18,19). The molecule has 1 aromatic carbocycles. The molecule has 1 aliphatic rings. The molecule has 1 amide bonds. The predicted octanol–water partition coefficient (Wildman–Crippen LogP) is 2.83. The van der Waals surface area contributed by atoms with E-state index in [1.165, 1.54) is 25.7 Å². The molecular weight excluding hydrogens is 276 g/mol. The average Bonchev–Trinajstić information content (AvgIpc) is 2.94. The zero-order valence-electron chi connectivity index (χ0n) is 11.5. The van der Waals surface area contributed by atoms with Crippen molar-refractivity contribution in [1.29, 1.82) is 0 Å². The van der Waals surface area contributed by atoms with E-state index >= 15 is 0 Å². The maximum Gasteiger partial charge on any atom is 0.238 e. The lowest BCUT2D eigenvalue weighted by atomic mass is 10.3. The summed E-state index contributed by atoms with van der Waals surface area (Å²) < 4.78 is 5.71. The third-order valence-electron chi connectivity index (χ3n) is 3.37. The van der Waals surface area contributed by atoms with Crippen LogP contribution in [0.2, 0.25) is 5.02 Å². The van der Waals surface area contributed by atoms with Crippen LogP contribution < -0.4 is 10.6 Å². The molecular formula is C15H21ClN2O2. The second-order valence-corrected chi connectivity index (χ2v) is 5.39. The number of hydrogen-bond acceptors (Lipinski definition) is 3. The van der Waals surface area contributed by atoms with Crippen molar-refractivity contribution in [3.63, 3.8) is 0 Å². The van der Waals surface area contributed by atoms with E-state index in [9.17, 15) is 4.79 Å². The van der Waals surface area contributed by atoms with Gasteiger partial charge in [-0.2, -0.15) is 0 Å². The smallest absolute Gasteiger partial charge is 0.238 e. The predicted molar refractivity (Wildman–Crippen MR) is 81.2 cm³/mol. The normalized spacial score (nSPS) is 15.4. The minimum Gasteiger partial charge on any atom is -0.377 e. The Morgan fingerprint density at radius 2 is 2.05 bits per heavy atom. The van der Waals surface area contributed by atoms with Crippen molar-refractivity contribution < 1.29 is 9.53 Å². The number of anilines is 1. The first-order valence-electron chi connectivity index (χ1n) is 7.12. The molecule has 0 atom stereocenters. The third kappa shape index (κ3) is 5.12. The highest BCUT2D eigenvalue weighted by Crippen LogP contribution is 2.21. The number of carbonyl (C=O) groups excluding carboxylic acids is 1. The van der Waals surface area contributed by atoms with Crippen LogP contribution in [0.5, 0.6) is 0 Å². The van der Waals surface area contributed by atoms with Crippen molar-refractivity contribution >= 4 is 23.2 Å². The zero-order chi connectivity index (χ0) is 14.2. The monoisotopic (exact) mass is 296 g/mol. The second-order valence-electron chi connectivity index (χ2n) is 4.98. The number of amides is 1. The molecule has 0 unspecified atom stereocenters. The van der Waals surface area contributed by atoms with Crippen LogP contribution in [0.4, 0.5) is 5.69 Å². The minimum absolute atomic E-state index is 0.0982. The molecule has 0 aromatic heterocycles. The van der Waals surface area contributed by atoms with Crippen LogP contribution in [0.3, 0.4) is 0 Å². The molecule has 110 valence electrons. The van der Waals surface area contributed by atoms with Crippen molar-refractivity contribution in [2.45, 2.75) is 31.8 Å². The van der Waals surface area contributed by atoms with Gasteiger partial charge in [-0.3, -0.25) is 4.79 Å². The maximum atomic E-state index is 11.7. The van der Waals surface area contributed by atoms with Gasteiger partial charge >= 0.3 is 0 Å². The molecule has 1 aliphatic carbocycles. The van der Waals surface area contributed by atoms with Gasteiger partial charge < -0.3 is 15.4 Å². The SMILES string of the molecule is O=C(CNCCOC1CCCC1)Nc1ccccc1Cl. The lowest BCUT2D eigenvalue weighted by molar-refractivity contribution is -0.115. The number of carbonyl (C=O) groups is 1. The third-order valence-corrected chi connectivity index (χ3v) is 3.70. The van der Waals surface area contributed by atoms with E-state index in [1.807, 2.05) is 12.1 Å². The van der Waals surface area contributed by atoms with Gasteiger partial charge in [-0.05, 0) is 25.0 Å². The second kappa shape index (κ2) is 8.25. The summed E-state index contributed by atoms with van der Waals surface area (Å²) in [6.07, 6.45) is 5.32. The summed E-state index contributed by atoms with van der Waals surface area (Å²) in [4.78, 5) is 11.7. The number of para-hydroxylation sites is 1. The van der Waals surface area contributed by atoms with Crippen molar-refractivity contribution in [1.82, 2.24) is 5.32 Å². The van der Waals surface area contributed by atoms with Gasteiger partial charge in [0.1, 0.15) is 0 Å². The van der Waals surface area contributed by atoms with E-state index in [1.54, 1.807) is 12.1 Å². The molecule has 4 nitrogen and oxygen atoms in total. The first kappa shape index (κ1) is 15.3. The Balaban J connectivity index is 1.57. The van der Waals surface area contributed by atoms with Gasteiger partial charge in [0.25, 0.3) is 0 Å². The highest BCUT2D eigenvalue weighted by molar-refractivity contribution is 6.33. The van der Waals surface area contributed by atoms with Gasteiger partial charge in [0.15, 0.2) is 0 Å². The van der Waals surface area contributed by atoms with E-state index in [0.717, 1.165) is 0 Å². The Bertz CT molecular complexity index is 434. The summed E-state index contributed by atoms with van der Waals surface area (Å²) >= 11 is 5.97. The highest BCUT2D eigenvalue weighted by Gasteiger charge is 2.14. The lowest BCUT2D eigenvalue weighted by Gasteiger charge is -2.11. The Morgan fingerprint density at radius 1 is 1.30 bits per heavy atom. The molecule has 0 bridgehead atoms. The summed E-state index contributed by atoms with van der Waals surface area (Å²) in [5, 5.41) is 6.38. The molecule has 0 saturated heterocycles. The van der Waals surface area contributed by atoms with E-state index < -0.39 is 0 Å². The van der Waals surface area contributed by atoms with Gasteiger partial charge in [-0.1, -0.05) is 36.6 Å². The number of hydrogen-bond donors (Lipinski definition) is 2. The average molecular weight is 297 g/mol. The summed E-state index contributed by atoms with van der Waals surface area (Å²) in [6.45, 7) is 1.61. The Labute approximate surface area is 124 Å². The largest absolute Gasteiger partial charge is 0.377 e. The van der Waals surface area contributed by atoms with E-state index in [0.29, 0.717) is 30.0 Å². The van der Waals surface area contributed by atoms with Crippen molar-refractivity contribution in [3.8, 4) is 0 Å². The molecule has 0 aliphatic heterocycles. The van der Waals surface area contributed by atoms with Gasteiger partial charge in [-0.15, -0.1) is 0 Å². The van der Waals surface area contributed by atoms with Crippen molar-refractivity contribution in [3.05, 3.63) is 29.3 Å². The molecule has 2 N–H and O–H groups in total. The van der Waals surface area contributed by atoms with Gasteiger partial charge in [0.05, 0.1) is 30.0 Å². The van der Waals surface area contributed by atoms with Crippen LogP contribution in [0.15, 0.2) is 24.3 Å². The van der Waals surface area contributed by atoms with Crippen molar-refractivity contribution in [2.24, 2.45) is 0 Å². The number of benzene rings is 1. The van der Waals surface area contributed by atoms with Crippen LogP contribution in [0.1, 0.15) is 25.7 Å². The van der Waals surface area contributed by atoms with E-state index in [-0.39, 0.29) is 12.5 Å². The number of halogens is 1. The summed E-state index contributed by atoms with van der Waals surface area (Å²) in [5.41, 5.74) is 0.642. The fourth-order valence-electron chi connectivity index (χ4n) is 2.31. The van der Waals surface area contributed by atoms with E-state index in [2.05, 4.69) is 10.6 Å². The Morgan fingerprint density at radius 3 is 2.80 bits per heavy atom. The Kier molecular flexibility index (Phi) is 6.30. The molecule has 0 spiro atoms. The van der Waals surface area contributed by atoms with Crippen molar-refractivity contribution in [2.75, 3.05) is 25.0 Å². The molecule has 2 rings (SSSR count). The first-order chi connectivity index (χ1) is 9.75. The van der Waals surface area contributed by atoms with Crippen LogP contribution in [-0.2, 0) is 9.53 Å². The maximum absolute atomic E-state index is 11.7. The highest BCUT2D eigenvalue weighted by atomic mass is 35.5. The quantitative estimate of drug-likeness (QED) is 0.761. The van der Waals surface area contributed by atoms with Crippen LogP contribution in [-0.4, -0.2) is 31.7 Å². The molecule has 0 heterocycles. The van der Waals surface area contributed by atoms with E-state index in [4.69, 9.17) is 16.3 Å². The first-order valence-corrected chi connectivity index (χ1v) is 7.50. The van der Waals surface area contributed by atoms with Gasteiger partial charge in [0.2, 0.25) is 5.91 Å². The molecule has 1 fully saturated rings. The molecule has 5 heteroatoms. The van der Waals surface area contributed by atoms with Crippen LogP contribution in [0, 0.1) is 0 Å². The topological polar surface area (TPSA) is 50.4 Å². The Hall–Kier alpha value is -1.10. The fourth-order valence-corrected chi connectivity index (χ4v) is 2.49. The number of rotatable bonds is 7. The minimum atomic E-state index is -0.0982. The molecule has 1 aromatic rings. The summed E-state index contributed by atoms with van der Waals surface area (Å²) in [6, 6.07) is 7.20. The number of nitrogens with one attached hydrogen (secondary N) is 2. The summed E-state index contributed by atoms with van der Waals surface area (Å²) in [7, 11) is 0. The van der Waals surface area contributed by atoms with Gasteiger partial charge in [0, 0.05) is 6.54 Å². The fraction of sp³-hybridized carbons (Fsp3) is 0.533. The lowest BCUT2D eigenvalue weighted by Crippen LogP contribution is -2.31. The molecule has 0 radical (unpaired) electrons. The summed E-state index contributed by atoms with van der Waals surface area (Å²) in [5.74, 6) is -0.0982. The van der Waals surface area contributed by atoms with Crippen LogP contribution in [0.25, 0.3) is 0 Å².